The molecule has 0 aliphatic carbocycles. The summed E-state index contributed by atoms with van der Waals surface area (Å²) in [6.45, 7) is 9.50. The highest BCUT2D eigenvalue weighted by molar-refractivity contribution is 7.99. The van der Waals surface area contributed by atoms with Crippen LogP contribution in [0.5, 0.6) is 0 Å². The number of Topliss-reactive ketones (excluding diaryl/α,β-unsaturated/α-hetero) is 1. The first kappa shape index (κ1) is 20.2. The minimum atomic E-state index is -0.103. The van der Waals surface area contributed by atoms with Gasteiger partial charge in [0.25, 0.3) is 0 Å². The number of hydrogen-bond donors (Lipinski definition) is 1. The van der Waals surface area contributed by atoms with Crippen molar-refractivity contribution in [3.05, 3.63) is 29.8 Å². The van der Waals surface area contributed by atoms with Crippen molar-refractivity contribution in [3.8, 4) is 0 Å². The third-order valence-electron chi connectivity index (χ3n) is 3.88. The Kier molecular flexibility index (Phi) is 10.3. The molecule has 0 aliphatic heterocycles. The number of thioether (sulfide) groups is 1. The van der Waals surface area contributed by atoms with Crippen molar-refractivity contribution < 1.29 is 4.79 Å². The van der Waals surface area contributed by atoms with Crippen LogP contribution in [-0.2, 0) is 0 Å². The summed E-state index contributed by atoms with van der Waals surface area (Å²) in [4.78, 5) is 13.6. The molecule has 1 N–H and O–H groups in total. The smallest absolute Gasteiger partial charge is 0.179 e. The summed E-state index contributed by atoms with van der Waals surface area (Å²) in [6.07, 6.45) is 7.70. The number of unbranched alkanes of at least 4 members (excludes halogenated alkanes) is 5. The Bertz CT molecular complexity index is 441. The largest absolute Gasteiger partial charge is 0.307 e. The first-order chi connectivity index (χ1) is 11.0. The van der Waals surface area contributed by atoms with Gasteiger partial charge in [-0.3, -0.25) is 4.79 Å². The van der Waals surface area contributed by atoms with E-state index in [0.29, 0.717) is 5.25 Å². The van der Waals surface area contributed by atoms with Crippen molar-refractivity contribution in [2.75, 3.05) is 6.54 Å². The van der Waals surface area contributed by atoms with E-state index in [1.54, 1.807) is 0 Å². The quantitative estimate of drug-likeness (QED) is 0.301. The highest BCUT2D eigenvalue weighted by Gasteiger charge is 2.14. The molecule has 1 unspecified atom stereocenters. The summed E-state index contributed by atoms with van der Waals surface area (Å²) in [7, 11) is 0. The topological polar surface area (TPSA) is 29.1 Å². The molecule has 23 heavy (non-hydrogen) atoms. The third-order valence-corrected chi connectivity index (χ3v) is 4.90. The van der Waals surface area contributed by atoms with Crippen LogP contribution in [0.4, 0.5) is 0 Å². The van der Waals surface area contributed by atoms with Crippen molar-refractivity contribution >= 4 is 17.5 Å². The van der Waals surface area contributed by atoms with Crippen LogP contribution in [0.3, 0.4) is 0 Å². The second kappa shape index (κ2) is 11.7. The lowest BCUT2D eigenvalue weighted by molar-refractivity contribution is 0.0951. The second-order valence-corrected chi connectivity index (χ2v) is 8.15. The van der Waals surface area contributed by atoms with Gasteiger partial charge in [0.05, 0.1) is 6.04 Å². The van der Waals surface area contributed by atoms with Gasteiger partial charge < -0.3 is 5.32 Å². The zero-order valence-corrected chi connectivity index (χ0v) is 16.0. The van der Waals surface area contributed by atoms with Crippen LogP contribution in [0.2, 0.25) is 0 Å². The lowest BCUT2D eigenvalue weighted by atomic mass is 10.1. The Morgan fingerprint density at radius 1 is 1.00 bits per heavy atom. The van der Waals surface area contributed by atoms with Crippen molar-refractivity contribution in [2.24, 2.45) is 0 Å². The minimum absolute atomic E-state index is 0.103. The van der Waals surface area contributed by atoms with Crippen molar-refractivity contribution in [1.82, 2.24) is 5.32 Å². The molecule has 0 aromatic heterocycles. The molecule has 2 nitrogen and oxygen atoms in total. The Morgan fingerprint density at radius 3 is 2.22 bits per heavy atom. The van der Waals surface area contributed by atoms with Crippen LogP contribution in [0.25, 0.3) is 0 Å². The molecule has 0 heterocycles. The van der Waals surface area contributed by atoms with Gasteiger partial charge in [-0.15, -0.1) is 11.8 Å². The summed E-state index contributed by atoms with van der Waals surface area (Å²) in [5, 5.41) is 3.93. The Morgan fingerprint density at radius 2 is 1.61 bits per heavy atom. The Balaban J connectivity index is 2.30. The summed E-state index contributed by atoms with van der Waals surface area (Å²) in [5.74, 6) is 0.192. The van der Waals surface area contributed by atoms with E-state index in [4.69, 9.17) is 0 Å². The molecule has 0 aliphatic rings. The van der Waals surface area contributed by atoms with E-state index in [1.165, 1.54) is 37.0 Å². The van der Waals surface area contributed by atoms with Gasteiger partial charge in [-0.05, 0) is 32.0 Å². The maximum absolute atomic E-state index is 12.4. The average molecular weight is 336 g/mol. The predicted molar refractivity (Wildman–Crippen MR) is 103 cm³/mol. The predicted octanol–water partition coefficient (Wildman–Crippen LogP) is 5.71. The molecule has 0 spiro atoms. The fourth-order valence-electron chi connectivity index (χ4n) is 2.54. The molecule has 1 rings (SSSR count). The standard InChI is InChI=1S/C20H33NOS/c1-5-6-7-8-9-10-15-21-17(4)20(22)18-11-13-19(14-12-18)23-16(2)3/h11-14,16-17,21H,5-10,15H2,1-4H3. The highest BCUT2D eigenvalue weighted by Crippen LogP contribution is 2.23. The van der Waals surface area contributed by atoms with Crippen LogP contribution < -0.4 is 5.32 Å². The molecule has 0 radical (unpaired) electrons. The van der Waals surface area contributed by atoms with E-state index in [-0.39, 0.29) is 11.8 Å². The summed E-state index contributed by atoms with van der Waals surface area (Å²) >= 11 is 1.83. The molecule has 1 aromatic carbocycles. The SMILES string of the molecule is CCCCCCCCNC(C)C(=O)c1ccc(SC(C)C)cc1. The number of benzene rings is 1. The van der Waals surface area contributed by atoms with Crippen LogP contribution in [0.1, 0.15) is 76.6 Å². The summed E-state index contributed by atoms with van der Waals surface area (Å²) in [5.41, 5.74) is 0.807. The Labute approximate surface area is 146 Å². The number of nitrogens with one attached hydrogen (secondary N) is 1. The molecule has 130 valence electrons. The molecule has 0 saturated carbocycles. The van der Waals surface area contributed by atoms with Crippen LogP contribution in [0.15, 0.2) is 29.2 Å². The van der Waals surface area contributed by atoms with E-state index in [1.807, 2.05) is 30.8 Å². The number of rotatable bonds is 12. The monoisotopic (exact) mass is 335 g/mol. The van der Waals surface area contributed by atoms with Gasteiger partial charge in [-0.1, -0.05) is 65.0 Å². The van der Waals surface area contributed by atoms with Crippen molar-refractivity contribution in [2.45, 2.75) is 82.4 Å². The van der Waals surface area contributed by atoms with Crippen LogP contribution in [-0.4, -0.2) is 23.6 Å². The molecule has 1 aromatic rings. The number of hydrogen-bond acceptors (Lipinski definition) is 3. The molecule has 0 amide bonds. The zero-order chi connectivity index (χ0) is 17.1. The van der Waals surface area contributed by atoms with E-state index < -0.39 is 0 Å². The van der Waals surface area contributed by atoms with E-state index in [9.17, 15) is 4.79 Å². The van der Waals surface area contributed by atoms with Gasteiger partial charge in [0.15, 0.2) is 5.78 Å². The molecule has 1 atom stereocenters. The van der Waals surface area contributed by atoms with Crippen molar-refractivity contribution in [1.29, 1.82) is 0 Å². The fourth-order valence-corrected chi connectivity index (χ4v) is 3.37. The molecular weight excluding hydrogens is 302 g/mol. The van der Waals surface area contributed by atoms with E-state index in [2.05, 4.69) is 38.2 Å². The molecule has 0 fully saturated rings. The maximum Gasteiger partial charge on any atom is 0.179 e. The van der Waals surface area contributed by atoms with Gasteiger partial charge >= 0.3 is 0 Å². The fraction of sp³-hybridized carbons (Fsp3) is 0.650. The first-order valence-corrected chi connectivity index (χ1v) is 9.97. The van der Waals surface area contributed by atoms with Gasteiger partial charge in [-0.2, -0.15) is 0 Å². The lowest BCUT2D eigenvalue weighted by Gasteiger charge is -2.13. The van der Waals surface area contributed by atoms with Crippen LogP contribution in [0, 0.1) is 0 Å². The second-order valence-electron chi connectivity index (χ2n) is 6.50. The van der Waals surface area contributed by atoms with E-state index >= 15 is 0 Å². The number of carbonyl (C=O) groups excluding carboxylic acids is 1. The zero-order valence-electron chi connectivity index (χ0n) is 15.2. The number of carbonyl (C=O) groups is 1. The summed E-state index contributed by atoms with van der Waals surface area (Å²) in [6, 6.07) is 7.91. The summed E-state index contributed by atoms with van der Waals surface area (Å²) < 4.78 is 0. The highest BCUT2D eigenvalue weighted by atomic mass is 32.2. The molecule has 3 heteroatoms. The lowest BCUT2D eigenvalue weighted by Crippen LogP contribution is -2.34. The van der Waals surface area contributed by atoms with Gasteiger partial charge in [0.1, 0.15) is 0 Å². The number of ketones is 1. The van der Waals surface area contributed by atoms with Crippen molar-refractivity contribution in [3.63, 3.8) is 0 Å². The first-order valence-electron chi connectivity index (χ1n) is 9.09. The molecular formula is C20H33NOS. The molecule has 0 bridgehead atoms. The van der Waals surface area contributed by atoms with Gasteiger partial charge in [-0.25, -0.2) is 0 Å². The Hall–Kier alpha value is -0.800. The normalized spacial score (nSPS) is 12.6. The maximum atomic E-state index is 12.4. The average Bonchev–Trinajstić information content (AvgIpc) is 2.53. The van der Waals surface area contributed by atoms with Gasteiger partial charge in [0.2, 0.25) is 0 Å². The van der Waals surface area contributed by atoms with E-state index in [0.717, 1.165) is 18.5 Å². The third kappa shape index (κ3) is 8.57. The molecule has 0 saturated heterocycles. The van der Waals surface area contributed by atoms with Gasteiger partial charge in [0, 0.05) is 15.7 Å². The van der Waals surface area contributed by atoms with Crippen LogP contribution >= 0.6 is 11.8 Å². The minimum Gasteiger partial charge on any atom is -0.307 e.